The molecule has 1 aromatic heterocycles. The summed E-state index contributed by atoms with van der Waals surface area (Å²) in [4.78, 5) is 0. The molecule has 4 heteroatoms. The first kappa shape index (κ1) is 12.2. The average molecular weight is 211 g/mol. The Hall–Kier alpha value is -0.870. The standard InChI is InChI=1S/C7H12N2.C4H9NO/c1-5-6(2)8-9(4)7(5)3;6-4-1-2-5-3-4/h1-4H3;4-6H,1-3H2. The first-order valence-corrected chi connectivity index (χ1v) is 5.38. The van der Waals surface area contributed by atoms with E-state index < -0.39 is 0 Å². The lowest BCUT2D eigenvalue weighted by molar-refractivity contribution is 0.196. The molecule has 1 aromatic rings. The lowest BCUT2D eigenvalue weighted by Crippen LogP contribution is -2.11. The van der Waals surface area contributed by atoms with Crippen LogP contribution in [0.25, 0.3) is 0 Å². The summed E-state index contributed by atoms with van der Waals surface area (Å²) in [7, 11) is 1.97. The molecule has 1 atom stereocenters. The topological polar surface area (TPSA) is 50.1 Å². The molecule has 2 heterocycles. The number of rotatable bonds is 0. The number of aliphatic hydroxyl groups is 1. The van der Waals surface area contributed by atoms with Gasteiger partial charge in [0.1, 0.15) is 0 Å². The summed E-state index contributed by atoms with van der Waals surface area (Å²) in [5, 5.41) is 15.9. The smallest absolute Gasteiger partial charge is 0.0676 e. The van der Waals surface area contributed by atoms with Crippen molar-refractivity contribution in [3.05, 3.63) is 17.0 Å². The van der Waals surface area contributed by atoms with E-state index in [-0.39, 0.29) is 6.10 Å². The highest BCUT2D eigenvalue weighted by molar-refractivity contribution is 5.21. The average Bonchev–Trinajstić information content (AvgIpc) is 2.73. The van der Waals surface area contributed by atoms with Gasteiger partial charge >= 0.3 is 0 Å². The van der Waals surface area contributed by atoms with Crippen LogP contribution >= 0.6 is 0 Å². The van der Waals surface area contributed by atoms with Gasteiger partial charge in [0.25, 0.3) is 0 Å². The summed E-state index contributed by atoms with van der Waals surface area (Å²) >= 11 is 0. The zero-order valence-corrected chi connectivity index (χ0v) is 10.0. The summed E-state index contributed by atoms with van der Waals surface area (Å²) in [5.41, 5.74) is 3.69. The minimum atomic E-state index is -0.0648. The van der Waals surface area contributed by atoms with E-state index in [0.717, 1.165) is 25.2 Å². The maximum absolute atomic E-state index is 8.67. The molecule has 86 valence electrons. The maximum atomic E-state index is 8.67. The number of hydrogen-bond acceptors (Lipinski definition) is 3. The Balaban J connectivity index is 0.000000162. The third kappa shape index (κ3) is 3.32. The van der Waals surface area contributed by atoms with Gasteiger partial charge in [-0.25, -0.2) is 0 Å². The molecule has 2 rings (SSSR count). The van der Waals surface area contributed by atoms with Crippen molar-refractivity contribution in [3.63, 3.8) is 0 Å². The second kappa shape index (κ2) is 5.28. The van der Waals surface area contributed by atoms with Gasteiger partial charge in [0.15, 0.2) is 0 Å². The second-order valence-electron chi connectivity index (χ2n) is 4.07. The van der Waals surface area contributed by atoms with Gasteiger partial charge in [-0.2, -0.15) is 5.10 Å². The van der Waals surface area contributed by atoms with Crippen LogP contribution < -0.4 is 5.32 Å². The number of aliphatic hydroxyl groups excluding tert-OH is 1. The molecule has 0 radical (unpaired) electrons. The van der Waals surface area contributed by atoms with Crippen molar-refractivity contribution >= 4 is 0 Å². The van der Waals surface area contributed by atoms with Gasteiger partial charge in [-0.15, -0.1) is 0 Å². The van der Waals surface area contributed by atoms with Crippen LogP contribution in [-0.2, 0) is 7.05 Å². The number of hydrogen-bond donors (Lipinski definition) is 2. The Kier molecular flexibility index (Phi) is 4.29. The van der Waals surface area contributed by atoms with Crippen LogP contribution in [0.15, 0.2) is 0 Å². The quantitative estimate of drug-likeness (QED) is 0.663. The number of aryl methyl sites for hydroxylation is 2. The third-order valence-corrected chi connectivity index (χ3v) is 2.91. The largest absolute Gasteiger partial charge is 0.392 e. The zero-order chi connectivity index (χ0) is 11.4. The van der Waals surface area contributed by atoms with E-state index in [0.29, 0.717) is 0 Å². The van der Waals surface area contributed by atoms with Gasteiger partial charge in [0, 0.05) is 19.3 Å². The highest BCUT2D eigenvalue weighted by atomic mass is 16.3. The minimum absolute atomic E-state index is 0.0648. The van der Waals surface area contributed by atoms with Crippen LogP contribution in [-0.4, -0.2) is 34.1 Å². The predicted molar refractivity (Wildman–Crippen MR) is 60.9 cm³/mol. The zero-order valence-electron chi connectivity index (χ0n) is 10.0. The van der Waals surface area contributed by atoms with Crippen LogP contribution in [0.3, 0.4) is 0 Å². The lowest BCUT2D eigenvalue weighted by atomic mass is 10.2. The molecule has 0 bridgehead atoms. The first-order chi connectivity index (χ1) is 7.02. The fourth-order valence-electron chi connectivity index (χ4n) is 1.52. The Morgan fingerprint density at radius 3 is 2.20 bits per heavy atom. The summed E-state index contributed by atoms with van der Waals surface area (Å²) in [5.74, 6) is 0. The molecule has 0 saturated carbocycles. The first-order valence-electron chi connectivity index (χ1n) is 5.38. The number of nitrogens with one attached hydrogen (secondary N) is 1. The normalized spacial score (nSPS) is 19.9. The minimum Gasteiger partial charge on any atom is -0.392 e. The molecule has 1 aliphatic rings. The molecule has 1 unspecified atom stereocenters. The molecule has 0 aliphatic carbocycles. The highest BCUT2D eigenvalue weighted by Gasteiger charge is 2.08. The van der Waals surface area contributed by atoms with Crippen molar-refractivity contribution in [1.29, 1.82) is 0 Å². The third-order valence-electron chi connectivity index (χ3n) is 2.91. The SMILES string of the molecule is Cc1nn(C)c(C)c1C.OC1CCNC1. The molecule has 1 fully saturated rings. The molecule has 2 N–H and O–H groups in total. The monoisotopic (exact) mass is 211 g/mol. The molecule has 1 saturated heterocycles. The van der Waals surface area contributed by atoms with Crippen LogP contribution in [0.4, 0.5) is 0 Å². The molecule has 15 heavy (non-hydrogen) atoms. The molecule has 0 spiro atoms. The van der Waals surface area contributed by atoms with Gasteiger partial charge < -0.3 is 10.4 Å². The van der Waals surface area contributed by atoms with E-state index >= 15 is 0 Å². The fourth-order valence-corrected chi connectivity index (χ4v) is 1.52. The summed E-state index contributed by atoms with van der Waals surface area (Å²) in [6.07, 6.45) is 0.866. The molecular weight excluding hydrogens is 190 g/mol. The lowest BCUT2D eigenvalue weighted by Gasteiger charge is -1.90. The summed E-state index contributed by atoms with van der Waals surface area (Å²) < 4.78 is 1.91. The van der Waals surface area contributed by atoms with E-state index in [1.807, 2.05) is 18.7 Å². The van der Waals surface area contributed by atoms with E-state index in [2.05, 4.69) is 24.3 Å². The summed E-state index contributed by atoms with van der Waals surface area (Å²) in [6, 6.07) is 0. The maximum Gasteiger partial charge on any atom is 0.0676 e. The molecule has 1 aliphatic heterocycles. The van der Waals surface area contributed by atoms with Gasteiger partial charge in [-0.3, -0.25) is 4.68 Å². The highest BCUT2D eigenvalue weighted by Crippen LogP contribution is 2.08. The number of nitrogens with zero attached hydrogens (tertiary/aromatic N) is 2. The second-order valence-corrected chi connectivity index (χ2v) is 4.07. The van der Waals surface area contributed by atoms with E-state index in [9.17, 15) is 0 Å². The van der Waals surface area contributed by atoms with Crippen LogP contribution in [0.1, 0.15) is 23.4 Å². The van der Waals surface area contributed by atoms with Crippen LogP contribution in [0.5, 0.6) is 0 Å². The number of aromatic nitrogens is 2. The van der Waals surface area contributed by atoms with Crippen molar-refractivity contribution in [1.82, 2.24) is 15.1 Å². The van der Waals surface area contributed by atoms with Gasteiger partial charge in [0.2, 0.25) is 0 Å². The van der Waals surface area contributed by atoms with Crippen molar-refractivity contribution in [2.75, 3.05) is 13.1 Å². The Morgan fingerprint density at radius 1 is 1.40 bits per heavy atom. The van der Waals surface area contributed by atoms with Crippen LogP contribution in [0, 0.1) is 20.8 Å². The predicted octanol–water partition coefficient (Wildman–Crippen LogP) is 0.686. The van der Waals surface area contributed by atoms with Gasteiger partial charge in [-0.05, 0) is 39.3 Å². The van der Waals surface area contributed by atoms with E-state index in [1.54, 1.807) is 0 Å². The number of β-amino-alcohol motifs (C(OH)–C–C–N with tert-alkyl or cyclic N) is 1. The molecule has 0 aromatic carbocycles. The Morgan fingerprint density at radius 2 is 2.07 bits per heavy atom. The van der Waals surface area contributed by atoms with Crippen LogP contribution in [0.2, 0.25) is 0 Å². The van der Waals surface area contributed by atoms with Crippen molar-refractivity contribution in [3.8, 4) is 0 Å². The Bertz CT molecular complexity index is 291. The summed E-state index contributed by atoms with van der Waals surface area (Å²) in [6.45, 7) is 7.98. The van der Waals surface area contributed by atoms with Crippen molar-refractivity contribution in [2.45, 2.75) is 33.3 Å². The molecule has 0 amide bonds. The fraction of sp³-hybridized carbons (Fsp3) is 0.727. The van der Waals surface area contributed by atoms with E-state index in [4.69, 9.17) is 5.11 Å². The molecular formula is C11H21N3O. The van der Waals surface area contributed by atoms with Gasteiger partial charge in [-0.1, -0.05) is 0 Å². The van der Waals surface area contributed by atoms with Crippen molar-refractivity contribution < 1.29 is 5.11 Å². The van der Waals surface area contributed by atoms with Gasteiger partial charge in [0.05, 0.1) is 11.8 Å². The van der Waals surface area contributed by atoms with Crippen molar-refractivity contribution in [2.24, 2.45) is 7.05 Å². The van der Waals surface area contributed by atoms with E-state index in [1.165, 1.54) is 11.3 Å². The molecule has 4 nitrogen and oxygen atoms in total. The Labute approximate surface area is 91.3 Å².